The normalized spacial score (nSPS) is 17.8. The Kier molecular flexibility index (Phi) is 9.41. The number of benzene rings is 2. The summed E-state index contributed by atoms with van der Waals surface area (Å²) in [6.45, 7) is 6.75. The van der Waals surface area contributed by atoms with Crippen LogP contribution in [0.25, 0.3) is 11.1 Å². The number of aliphatic hydroxyl groups excluding tert-OH is 1. The van der Waals surface area contributed by atoms with E-state index in [9.17, 15) is 32.7 Å². The van der Waals surface area contributed by atoms with Crippen LogP contribution in [0.15, 0.2) is 71.7 Å². The maximum Gasteiger partial charge on any atom is 0.416 e. The number of hydrogen-bond acceptors (Lipinski definition) is 7. The van der Waals surface area contributed by atoms with Gasteiger partial charge in [-0.05, 0) is 66.6 Å². The number of carbonyl (C=O) groups is 2. The molecule has 2 aromatic heterocycles. The number of anilines is 1. The zero-order valence-electron chi connectivity index (χ0n) is 29.1. The molecule has 7 rings (SSSR count). The largest absolute Gasteiger partial charge is 0.416 e. The Labute approximate surface area is 299 Å². The van der Waals surface area contributed by atoms with E-state index in [-0.39, 0.29) is 36.0 Å². The number of piperazine rings is 1. The quantitative estimate of drug-likeness (QED) is 0.269. The first kappa shape index (κ1) is 35.4. The van der Waals surface area contributed by atoms with Crippen molar-refractivity contribution < 1.29 is 27.9 Å². The average molecular weight is 715 g/mol. The number of nitrogens with zero attached hydrogens (tertiary/aromatic N) is 5. The first-order valence-electron chi connectivity index (χ1n) is 17.7. The van der Waals surface area contributed by atoms with Gasteiger partial charge in [0.05, 0.1) is 28.8 Å². The lowest BCUT2D eigenvalue weighted by atomic mass is 9.91. The maximum atomic E-state index is 13.6. The fourth-order valence-corrected chi connectivity index (χ4v) is 7.29. The number of fused-ring (bicyclic) bond motifs is 1. The van der Waals surface area contributed by atoms with Gasteiger partial charge in [0.1, 0.15) is 11.6 Å². The topological polar surface area (TPSA) is 123 Å². The van der Waals surface area contributed by atoms with Crippen molar-refractivity contribution >= 4 is 17.6 Å². The summed E-state index contributed by atoms with van der Waals surface area (Å²) in [7, 11) is 0. The second kappa shape index (κ2) is 13.8. The molecule has 272 valence electrons. The highest BCUT2D eigenvalue weighted by Gasteiger charge is 2.49. The molecule has 52 heavy (non-hydrogen) atoms. The Morgan fingerprint density at radius 2 is 1.65 bits per heavy atom. The van der Waals surface area contributed by atoms with Crippen molar-refractivity contribution in [3.05, 3.63) is 111 Å². The van der Waals surface area contributed by atoms with Crippen LogP contribution in [0, 0.1) is 5.92 Å². The van der Waals surface area contributed by atoms with Crippen LogP contribution in [0.3, 0.4) is 0 Å². The summed E-state index contributed by atoms with van der Waals surface area (Å²) in [6, 6.07) is 16.3. The molecule has 2 fully saturated rings. The number of amides is 2. The summed E-state index contributed by atoms with van der Waals surface area (Å²) >= 11 is 0. The van der Waals surface area contributed by atoms with E-state index in [2.05, 4.69) is 16.0 Å². The summed E-state index contributed by atoms with van der Waals surface area (Å²) in [6.07, 6.45) is -2.05. The molecular weight excluding hydrogens is 673 g/mol. The average Bonchev–Trinajstić information content (AvgIpc) is 3.99. The molecule has 0 unspecified atom stereocenters. The number of nitrogens with one attached hydrogen (secondary N) is 1. The molecule has 13 heteroatoms. The van der Waals surface area contributed by atoms with E-state index in [1.807, 2.05) is 55.3 Å². The number of carbonyl (C=O) groups excluding carboxylic acids is 2. The van der Waals surface area contributed by atoms with Crippen molar-refractivity contribution in [2.24, 2.45) is 5.92 Å². The highest BCUT2D eigenvalue weighted by atomic mass is 19.4. The zero-order chi connectivity index (χ0) is 36.8. The number of halogens is 3. The highest BCUT2D eigenvalue weighted by molar-refractivity contribution is 5.82. The summed E-state index contributed by atoms with van der Waals surface area (Å²) < 4.78 is 39.8. The minimum absolute atomic E-state index is 0.0162. The summed E-state index contributed by atoms with van der Waals surface area (Å²) in [5, 5.41) is 10.8. The number of aromatic amines is 1. The van der Waals surface area contributed by atoms with Crippen molar-refractivity contribution in [1.29, 1.82) is 0 Å². The lowest BCUT2D eigenvalue weighted by molar-refractivity contribution is -0.142. The third kappa shape index (κ3) is 6.93. The smallest absolute Gasteiger partial charge is 0.378 e. The SMILES string of the molecule is CC(C)C(=O)N1CCN(c2ccc(-c3cccc(C4(c5nc6c(c(=O)[nH]5)CN(C(=O)[C@H](O)c5cccc(C(F)(F)F)c5)CCC6)CC4)c3)cn2)CC1. The molecule has 1 saturated heterocycles. The molecule has 0 spiro atoms. The van der Waals surface area contributed by atoms with Gasteiger partial charge in [-0.2, -0.15) is 13.2 Å². The molecule has 1 aliphatic carbocycles. The Morgan fingerprint density at radius 3 is 2.33 bits per heavy atom. The van der Waals surface area contributed by atoms with Gasteiger partial charge in [0.2, 0.25) is 5.91 Å². The van der Waals surface area contributed by atoms with Crippen LogP contribution in [0.2, 0.25) is 0 Å². The number of hydrogen-bond donors (Lipinski definition) is 2. The first-order valence-corrected chi connectivity index (χ1v) is 17.7. The van der Waals surface area contributed by atoms with E-state index in [1.54, 1.807) is 0 Å². The van der Waals surface area contributed by atoms with Crippen LogP contribution in [-0.2, 0) is 34.1 Å². The van der Waals surface area contributed by atoms with Gasteiger partial charge in [-0.15, -0.1) is 0 Å². The predicted octanol–water partition coefficient (Wildman–Crippen LogP) is 5.24. The van der Waals surface area contributed by atoms with Crippen molar-refractivity contribution in [3.63, 3.8) is 0 Å². The van der Waals surface area contributed by atoms with Gasteiger partial charge in [0, 0.05) is 50.4 Å². The fraction of sp³-hybridized carbons (Fsp3) is 0.410. The molecule has 4 aromatic rings. The molecule has 4 heterocycles. The van der Waals surface area contributed by atoms with Crippen LogP contribution in [0.1, 0.15) is 73.0 Å². The second-order valence-corrected chi connectivity index (χ2v) is 14.3. The minimum atomic E-state index is -4.62. The highest BCUT2D eigenvalue weighted by Crippen LogP contribution is 2.52. The third-order valence-corrected chi connectivity index (χ3v) is 10.5. The lowest BCUT2D eigenvalue weighted by Gasteiger charge is -2.36. The number of H-pyrrole nitrogens is 1. The predicted molar refractivity (Wildman–Crippen MR) is 188 cm³/mol. The molecule has 2 aromatic carbocycles. The Hall–Kier alpha value is -5.04. The van der Waals surface area contributed by atoms with Crippen molar-refractivity contribution in [1.82, 2.24) is 24.8 Å². The van der Waals surface area contributed by atoms with Gasteiger partial charge in [-0.1, -0.05) is 50.2 Å². The van der Waals surface area contributed by atoms with E-state index in [0.29, 0.717) is 43.0 Å². The van der Waals surface area contributed by atoms with Crippen molar-refractivity contribution in [2.75, 3.05) is 37.6 Å². The van der Waals surface area contributed by atoms with Crippen LogP contribution >= 0.6 is 0 Å². The van der Waals surface area contributed by atoms with Crippen LogP contribution in [0.5, 0.6) is 0 Å². The van der Waals surface area contributed by atoms with E-state index in [0.717, 1.165) is 66.6 Å². The van der Waals surface area contributed by atoms with Gasteiger partial charge in [-0.3, -0.25) is 14.4 Å². The molecule has 10 nitrogen and oxygen atoms in total. The van der Waals surface area contributed by atoms with E-state index < -0.39 is 29.2 Å². The fourth-order valence-electron chi connectivity index (χ4n) is 7.29. The maximum absolute atomic E-state index is 13.6. The Balaban J connectivity index is 1.07. The summed E-state index contributed by atoms with van der Waals surface area (Å²) in [5.74, 6) is 0.829. The van der Waals surface area contributed by atoms with Gasteiger partial charge in [0.25, 0.3) is 11.5 Å². The number of aryl methyl sites for hydroxylation is 1. The van der Waals surface area contributed by atoms with Gasteiger partial charge < -0.3 is 24.8 Å². The van der Waals surface area contributed by atoms with Crippen LogP contribution in [0.4, 0.5) is 19.0 Å². The van der Waals surface area contributed by atoms with Gasteiger partial charge in [0.15, 0.2) is 6.10 Å². The number of pyridine rings is 1. The molecule has 2 aliphatic heterocycles. The Morgan fingerprint density at radius 1 is 0.904 bits per heavy atom. The summed E-state index contributed by atoms with van der Waals surface area (Å²) in [5.41, 5.74) is 1.91. The Bertz CT molecular complexity index is 2030. The molecule has 1 saturated carbocycles. The zero-order valence-corrected chi connectivity index (χ0v) is 29.1. The van der Waals surface area contributed by atoms with Crippen molar-refractivity contribution in [2.45, 2.75) is 63.8 Å². The number of alkyl halides is 3. The monoisotopic (exact) mass is 714 g/mol. The molecule has 3 aliphatic rings. The van der Waals surface area contributed by atoms with E-state index in [1.165, 1.54) is 11.0 Å². The van der Waals surface area contributed by atoms with Gasteiger partial charge in [-0.25, -0.2) is 9.97 Å². The molecule has 1 atom stereocenters. The van der Waals surface area contributed by atoms with E-state index >= 15 is 0 Å². The minimum Gasteiger partial charge on any atom is -0.378 e. The van der Waals surface area contributed by atoms with Gasteiger partial charge >= 0.3 is 6.18 Å². The number of aliphatic hydroxyl groups is 1. The standard InChI is InChI=1S/C39H41F3N6O4/c1-24(2)35(51)47-18-16-46(17-19-47)32-12-11-27(22-43-32)25-6-3-8-28(20-25)38(13-14-38)37-44-31-10-5-15-48(23-30(31)34(50)45-37)36(52)33(49)26-7-4-9-29(21-26)39(40,41)42/h3-4,6-9,11-12,20-22,24,33,49H,5,10,13-19,23H2,1-2H3,(H,44,45,50)/t33-/m1/s1. The number of rotatable bonds is 7. The first-order chi connectivity index (χ1) is 24.8. The molecule has 0 radical (unpaired) electrons. The van der Waals surface area contributed by atoms with E-state index in [4.69, 9.17) is 9.97 Å². The second-order valence-electron chi connectivity index (χ2n) is 14.3. The molecule has 2 amide bonds. The van der Waals surface area contributed by atoms with Crippen molar-refractivity contribution in [3.8, 4) is 11.1 Å². The van der Waals surface area contributed by atoms with Crippen LogP contribution < -0.4 is 10.5 Å². The summed E-state index contributed by atoms with van der Waals surface area (Å²) in [4.78, 5) is 57.4. The van der Waals surface area contributed by atoms with Crippen LogP contribution in [-0.4, -0.2) is 74.4 Å². The molecular formula is C39H41F3N6O4. The third-order valence-electron chi connectivity index (χ3n) is 10.5. The number of aromatic nitrogens is 3. The molecule has 0 bridgehead atoms. The lowest BCUT2D eigenvalue weighted by Crippen LogP contribution is -2.50. The molecule has 2 N–H and O–H groups in total.